The van der Waals surface area contributed by atoms with Crippen molar-refractivity contribution >= 4 is 23.2 Å². The topological polar surface area (TPSA) is 26.0 Å². The van der Waals surface area contributed by atoms with Gasteiger partial charge < -0.3 is 5.73 Å². The van der Waals surface area contributed by atoms with Crippen LogP contribution in [0.4, 0.5) is 0 Å². The highest BCUT2D eigenvalue weighted by molar-refractivity contribution is 6.31. The Morgan fingerprint density at radius 1 is 0.947 bits per heavy atom. The Morgan fingerprint density at radius 3 is 2.37 bits per heavy atom. The van der Waals surface area contributed by atoms with E-state index in [9.17, 15) is 0 Å². The van der Waals surface area contributed by atoms with E-state index in [2.05, 4.69) is 6.07 Å². The van der Waals surface area contributed by atoms with E-state index in [0.717, 1.165) is 40.4 Å². The van der Waals surface area contributed by atoms with Crippen LogP contribution in [0.15, 0.2) is 42.5 Å². The highest BCUT2D eigenvalue weighted by atomic mass is 35.5. The molecule has 0 bridgehead atoms. The van der Waals surface area contributed by atoms with Crippen molar-refractivity contribution in [2.75, 3.05) is 0 Å². The lowest BCUT2D eigenvalue weighted by Crippen LogP contribution is -2.41. The van der Waals surface area contributed by atoms with Crippen molar-refractivity contribution in [1.29, 1.82) is 0 Å². The summed E-state index contributed by atoms with van der Waals surface area (Å²) < 4.78 is 0. The van der Waals surface area contributed by atoms with Gasteiger partial charge in [0.25, 0.3) is 0 Å². The fourth-order valence-corrected chi connectivity index (χ4v) is 3.22. The first-order valence-electron chi connectivity index (χ1n) is 6.43. The lowest BCUT2D eigenvalue weighted by molar-refractivity contribution is 0.443. The van der Waals surface area contributed by atoms with Gasteiger partial charge in [0.15, 0.2) is 0 Å². The lowest BCUT2D eigenvalue weighted by Gasteiger charge is -2.36. The molecular formula is C16H15Cl2N. The molecule has 3 rings (SSSR count). The van der Waals surface area contributed by atoms with E-state index in [-0.39, 0.29) is 0 Å². The molecule has 2 aromatic carbocycles. The summed E-state index contributed by atoms with van der Waals surface area (Å²) in [4.78, 5) is 0. The summed E-state index contributed by atoms with van der Waals surface area (Å²) in [7, 11) is 0. The summed E-state index contributed by atoms with van der Waals surface area (Å²) in [5.74, 6) is 0. The molecule has 1 aliphatic carbocycles. The zero-order chi connectivity index (χ0) is 13.5. The third-order valence-corrected chi connectivity index (χ3v) is 4.42. The van der Waals surface area contributed by atoms with Crippen LogP contribution < -0.4 is 5.73 Å². The Morgan fingerprint density at radius 2 is 1.63 bits per heavy atom. The molecular weight excluding hydrogens is 277 g/mol. The predicted molar refractivity (Wildman–Crippen MR) is 80.8 cm³/mol. The van der Waals surface area contributed by atoms with Crippen molar-refractivity contribution in [2.45, 2.75) is 24.8 Å². The third-order valence-electron chi connectivity index (χ3n) is 3.93. The van der Waals surface area contributed by atoms with E-state index in [1.807, 2.05) is 36.4 Å². The molecule has 0 saturated heterocycles. The van der Waals surface area contributed by atoms with Crippen molar-refractivity contribution in [2.24, 2.45) is 5.73 Å². The maximum absolute atomic E-state index is 6.71. The van der Waals surface area contributed by atoms with E-state index in [0.29, 0.717) is 0 Å². The minimum Gasteiger partial charge on any atom is -0.318 e. The van der Waals surface area contributed by atoms with E-state index in [4.69, 9.17) is 28.9 Å². The van der Waals surface area contributed by atoms with E-state index in [1.165, 1.54) is 5.56 Å². The van der Waals surface area contributed by atoms with Gasteiger partial charge in [-0.25, -0.2) is 0 Å². The Hall–Kier alpha value is -1.02. The molecule has 2 aromatic rings. The maximum atomic E-state index is 6.71. The minimum absolute atomic E-state index is 0.455. The van der Waals surface area contributed by atoms with Crippen LogP contribution in [0.3, 0.4) is 0 Å². The first-order valence-corrected chi connectivity index (χ1v) is 7.19. The molecule has 0 fully saturated rings. The molecule has 3 heteroatoms. The molecule has 98 valence electrons. The number of rotatable bonds is 1. The van der Waals surface area contributed by atoms with Gasteiger partial charge in [0.2, 0.25) is 0 Å². The average molecular weight is 292 g/mol. The SMILES string of the molecule is NC1(c2ccc(Cl)cc2)CCCc2ccc(Cl)cc21. The summed E-state index contributed by atoms with van der Waals surface area (Å²) in [6.45, 7) is 0. The summed E-state index contributed by atoms with van der Waals surface area (Å²) in [5.41, 5.74) is 9.80. The predicted octanol–water partition coefficient (Wildman–Crippen LogP) is 4.53. The van der Waals surface area contributed by atoms with Gasteiger partial charge in [-0.1, -0.05) is 41.4 Å². The monoisotopic (exact) mass is 291 g/mol. The number of halogens is 2. The minimum atomic E-state index is -0.455. The molecule has 1 unspecified atom stereocenters. The molecule has 2 N–H and O–H groups in total. The molecule has 1 nitrogen and oxygen atoms in total. The van der Waals surface area contributed by atoms with Crippen molar-refractivity contribution in [3.63, 3.8) is 0 Å². The van der Waals surface area contributed by atoms with E-state index in [1.54, 1.807) is 0 Å². The lowest BCUT2D eigenvalue weighted by atomic mass is 9.73. The van der Waals surface area contributed by atoms with E-state index < -0.39 is 5.54 Å². The molecule has 0 spiro atoms. The van der Waals surface area contributed by atoms with Crippen LogP contribution in [0.25, 0.3) is 0 Å². The number of nitrogens with two attached hydrogens (primary N) is 1. The summed E-state index contributed by atoms with van der Waals surface area (Å²) in [6.07, 6.45) is 3.09. The summed E-state index contributed by atoms with van der Waals surface area (Å²) in [5, 5.41) is 1.47. The van der Waals surface area contributed by atoms with Gasteiger partial charge in [-0.2, -0.15) is 0 Å². The number of fused-ring (bicyclic) bond motifs is 1. The smallest absolute Gasteiger partial charge is 0.0668 e. The standard InChI is InChI=1S/C16H15Cl2N/c17-13-7-4-12(5-8-13)16(19)9-1-2-11-3-6-14(18)10-15(11)16/h3-8,10H,1-2,9,19H2. The van der Waals surface area contributed by atoms with Crippen molar-refractivity contribution < 1.29 is 0 Å². The van der Waals surface area contributed by atoms with Gasteiger partial charge in [0, 0.05) is 10.0 Å². The molecule has 0 heterocycles. The van der Waals surface area contributed by atoms with Crippen LogP contribution in [-0.2, 0) is 12.0 Å². The molecule has 19 heavy (non-hydrogen) atoms. The molecule has 1 atom stereocenters. The quantitative estimate of drug-likeness (QED) is 0.821. The Balaban J connectivity index is 2.15. The molecule has 1 aliphatic rings. The largest absolute Gasteiger partial charge is 0.318 e. The second kappa shape index (κ2) is 4.82. The number of hydrogen-bond acceptors (Lipinski definition) is 1. The van der Waals surface area contributed by atoms with E-state index >= 15 is 0 Å². The van der Waals surface area contributed by atoms with Crippen molar-refractivity contribution in [3.05, 3.63) is 69.2 Å². The highest BCUT2D eigenvalue weighted by Crippen LogP contribution is 2.39. The highest BCUT2D eigenvalue weighted by Gasteiger charge is 2.34. The fraction of sp³-hybridized carbons (Fsp3) is 0.250. The third kappa shape index (κ3) is 2.27. The zero-order valence-electron chi connectivity index (χ0n) is 10.5. The first kappa shape index (κ1) is 13.0. The molecule has 0 radical (unpaired) electrons. The summed E-state index contributed by atoms with van der Waals surface area (Å²) >= 11 is 12.1. The van der Waals surface area contributed by atoms with Crippen LogP contribution >= 0.6 is 23.2 Å². The number of hydrogen-bond donors (Lipinski definition) is 1. The number of benzene rings is 2. The normalized spacial score (nSPS) is 22.1. The molecule has 0 saturated carbocycles. The second-order valence-corrected chi connectivity index (χ2v) is 6.01. The average Bonchev–Trinajstić information content (AvgIpc) is 2.40. The maximum Gasteiger partial charge on any atom is 0.0668 e. The van der Waals surface area contributed by atoms with Gasteiger partial charge in [0.05, 0.1) is 5.54 Å². The molecule has 0 aromatic heterocycles. The molecule has 0 amide bonds. The Labute approximate surface area is 123 Å². The van der Waals surface area contributed by atoms with Gasteiger partial charge in [-0.15, -0.1) is 0 Å². The first-order chi connectivity index (χ1) is 9.09. The summed E-state index contributed by atoms with van der Waals surface area (Å²) in [6, 6.07) is 13.8. The van der Waals surface area contributed by atoms with Gasteiger partial charge >= 0.3 is 0 Å². The van der Waals surface area contributed by atoms with Gasteiger partial charge in [-0.3, -0.25) is 0 Å². The van der Waals surface area contributed by atoms with Crippen LogP contribution in [0.5, 0.6) is 0 Å². The van der Waals surface area contributed by atoms with Crippen LogP contribution in [0.1, 0.15) is 29.5 Å². The van der Waals surface area contributed by atoms with Crippen LogP contribution in [0.2, 0.25) is 10.0 Å². The van der Waals surface area contributed by atoms with Crippen molar-refractivity contribution in [1.82, 2.24) is 0 Å². The van der Waals surface area contributed by atoms with Crippen LogP contribution in [0, 0.1) is 0 Å². The number of aryl methyl sites for hydroxylation is 1. The second-order valence-electron chi connectivity index (χ2n) is 5.13. The fourth-order valence-electron chi connectivity index (χ4n) is 2.92. The van der Waals surface area contributed by atoms with Gasteiger partial charge in [0.1, 0.15) is 0 Å². The van der Waals surface area contributed by atoms with Crippen LogP contribution in [-0.4, -0.2) is 0 Å². The van der Waals surface area contributed by atoms with Gasteiger partial charge in [-0.05, 0) is 60.2 Å². The molecule has 0 aliphatic heterocycles. The van der Waals surface area contributed by atoms with Crippen molar-refractivity contribution in [3.8, 4) is 0 Å². The zero-order valence-corrected chi connectivity index (χ0v) is 12.0. The Kier molecular flexibility index (Phi) is 3.30. The Bertz CT molecular complexity index is 607.